The van der Waals surface area contributed by atoms with Crippen molar-refractivity contribution in [1.82, 2.24) is 10.6 Å². The van der Waals surface area contributed by atoms with Crippen molar-refractivity contribution >= 4 is 39.1 Å². The van der Waals surface area contributed by atoms with Gasteiger partial charge in [-0.15, -0.1) is 11.3 Å². The maximum absolute atomic E-state index is 13.7. The molecule has 1 heterocycles. The number of benzene rings is 1. The maximum atomic E-state index is 13.7. The van der Waals surface area contributed by atoms with Crippen LogP contribution in [0.4, 0.5) is 8.78 Å². The fourth-order valence-corrected chi connectivity index (χ4v) is 3.58. The van der Waals surface area contributed by atoms with Crippen LogP contribution in [0.2, 0.25) is 0 Å². The standard InChI is InChI=1S/C17H17BrF2N2O2S/c1-9(2)15(17(24)21-7-11-6-10(18)8-25-11)22-16(23)14-12(19)4-3-5-13(14)20/h3-6,8-9,15H,7H2,1-2H3,(H,21,24)(H,22,23). The number of halogens is 3. The van der Waals surface area contributed by atoms with Gasteiger partial charge in [-0.1, -0.05) is 19.9 Å². The van der Waals surface area contributed by atoms with Crippen LogP contribution in [0.5, 0.6) is 0 Å². The number of hydrogen-bond acceptors (Lipinski definition) is 3. The Morgan fingerprint density at radius 2 is 1.88 bits per heavy atom. The Hall–Kier alpha value is -1.80. The van der Waals surface area contributed by atoms with Gasteiger partial charge in [0.15, 0.2) is 0 Å². The Labute approximate surface area is 156 Å². The lowest BCUT2D eigenvalue weighted by molar-refractivity contribution is -0.124. The molecule has 4 nitrogen and oxygen atoms in total. The van der Waals surface area contributed by atoms with Crippen LogP contribution in [-0.2, 0) is 11.3 Å². The molecule has 0 saturated heterocycles. The van der Waals surface area contributed by atoms with Crippen LogP contribution in [0.15, 0.2) is 34.1 Å². The van der Waals surface area contributed by atoms with Crippen LogP contribution in [-0.4, -0.2) is 17.9 Å². The number of rotatable bonds is 6. The van der Waals surface area contributed by atoms with Gasteiger partial charge in [0.05, 0.1) is 6.54 Å². The van der Waals surface area contributed by atoms with Crippen LogP contribution in [0.1, 0.15) is 29.1 Å². The molecular weight excluding hydrogens is 414 g/mol. The third-order valence-corrected chi connectivity index (χ3v) is 5.18. The van der Waals surface area contributed by atoms with Crippen molar-refractivity contribution < 1.29 is 18.4 Å². The van der Waals surface area contributed by atoms with Crippen LogP contribution in [0, 0.1) is 17.6 Å². The first-order chi connectivity index (χ1) is 11.8. The molecule has 2 amide bonds. The van der Waals surface area contributed by atoms with E-state index in [0.717, 1.165) is 21.5 Å². The lowest BCUT2D eigenvalue weighted by Gasteiger charge is -2.22. The van der Waals surface area contributed by atoms with Crippen molar-refractivity contribution in [3.8, 4) is 0 Å². The first-order valence-electron chi connectivity index (χ1n) is 7.55. The zero-order valence-electron chi connectivity index (χ0n) is 13.6. The van der Waals surface area contributed by atoms with Crippen LogP contribution in [0.3, 0.4) is 0 Å². The molecular formula is C17H17BrF2N2O2S. The second-order valence-corrected chi connectivity index (χ2v) is 7.65. The summed E-state index contributed by atoms with van der Waals surface area (Å²) < 4.78 is 28.4. The highest BCUT2D eigenvalue weighted by Crippen LogP contribution is 2.19. The normalized spacial score (nSPS) is 12.1. The topological polar surface area (TPSA) is 58.2 Å². The van der Waals surface area contributed by atoms with Gasteiger partial charge < -0.3 is 10.6 Å². The van der Waals surface area contributed by atoms with E-state index in [1.165, 1.54) is 17.4 Å². The minimum Gasteiger partial charge on any atom is -0.349 e. The summed E-state index contributed by atoms with van der Waals surface area (Å²) in [5.41, 5.74) is -0.692. The molecule has 0 aliphatic carbocycles. The van der Waals surface area contributed by atoms with E-state index in [-0.39, 0.29) is 5.92 Å². The third kappa shape index (κ3) is 5.09. The predicted octanol–water partition coefficient (Wildman–Crippen LogP) is 3.86. The third-order valence-electron chi connectivity index (χ3n) is 3.48. The lowest BCUT2D eigenvalue weighted by atomic mass is 10.0. The van der Waals surface area contributed by atoms with Gasteiger partial charge >= 0.3 is 0 Å². The van der Waals surface area contributed by atoms with Gasteiger partial charge in [-0.25, -0.2) is 8.78 Å². The summed E-state index contributed by atoms with van der Waals surface area (Å²) in [5, 5.41) is 7.04. The average Bonchev–Trinajstić information content (AvgIpc) is 2.95. The maximum Gasteiger partial charge on any atom is 0.257 e. The van der Waals surface area contributed by atoms with Crippen molar-refractivity contribution in [1.29, 1.82) is 0 Å². The van der Waals surface area contributed by atoms with E-state index in [0.29, 0.717) is 6.54 Å². The van der Waals surface area contributed by atoms with Gasteiger partial charge in [0.1, 0.15) is 23.2 Å². The molecule has 0 fully saturated rings. The molecule has 1 unspecified atom stereocenters. The molecule has 1 atom stereocenters. The molecule has 0 radical (unpaired) electrons. The lowest BCUT2D eigenvalue weighted by Crippen LogP contribution is -2.49. The number of carbonyl (C=O) groups is 2. The monoisotopic (exact) mass is 430 g/mol. The summed E-state index contributed by atoms with van der Waals surface area (Å²) in [6.07, 6.45) is 0. The molecule has 2 N–H and O–H groups in total. The predicted molar refractivity (Wildman–Crippen MR) is 96.3 cm³/mol. The first kappa shape index (κ1) is 19.5. The van der Waals surface area contributed by atoms with Gasteiger partial charge in [-0.2, -0.15) is 0 Å². The Morgan fingerprint density at radius 3 is 2.40 bits per heavy atom. The van der Waals surface area contributed by atoms with E-state index < -0.39 is 35.1 Å². The molecule has 2 rings (SSSR count). The summed E-state index contributed by atoms with van der Waals surface area (Å²) in [7, 11) is 0. The molecule has 134 valence electrons. The van der Waals surface area contributed by atoms with Crippen molar-refractivity contribution in [2.45, 2.75) is 26.4 Å². The summed E-state index contributed by atoms with van der Waals surface area (Å²) in [4.78, 5) is 25.5. The number of thiophene rings is 1. The number of amides is 2. The molecule has 0 aliphatic heterocycles. The van der Waals surface area contributed by atoms with E-state index in [1.54, 1.807) is 13.8 Å². The largest absolute Gasteiger partial charge is 0.349 e. The minimum absolute atomic E-state index is 0.256. The van der Waals surface area contributed by atoms with Crippen molar-refractivity contribution in [2.24, 2.45) is 5.92 Å². The van der Waals surface area contributed by atoms with Crippen molar-refractivity contribution in [3.05, 3.63) is 56.2 Å². The van der Waals surface area contributed by atoms with E-state index in [4.69, 9.17) is 0 Å². The highest BCUT2D eigenvalue weighted by molar-refractivity contribution is 9.10. The summed E-state index contributed by atoms with van der Waals surface area (Å²) in [6, 6.07) is 4.14. The Kier molecular flexibility index (Phi) is 6.66. The number of carbonyl (C=O) groups excluding carboxylic acids is 2. The molecule has 8 heteroatoms. The van der Waals surface area contributed by atoms with Crippen molar-refractivity contribution in [3.63, 3.8) is 0 Å². The molecule has 0 aliphatic rings. The first-order valence-corrected chi connectivity index (χ1v) is 9.22. The molecule has 25 heavy (non-hydrogen) atoms. The molecule has 0 spiro atoms. The van der Waals surface area contributed by atoms with Gasteiger partial charge in [0, 0.05) is 14.7 Å². The average molecular weight is 431 g/mol. The molecule has 1 aromatic carbocycles. The van der Waals surface area contributed by atoms with Crippen LogP contribution < -0.4 is 10.6 Å². The minimum atomic E-state index is -0.969. The number of nitrogens with one attached hydrogen (secondary N) is 2. The summed E-state index contributed by atoms with van der Waals surface area (Å²) in [6.45, 7) is 3.79. The fraction of sp³-hybridized carbons (Fsp3) is 0.294. The zero-order chi connectivity index (χ0) is 18.6. The van der Waals surface area contributed by atoms with Crippen LogP contribution in [0.25, 0.3) is 0 Å². The second-order valence-electron chi connectivity index (χ2n) is 5.74. The quantitative estimate of drug-likeness (QED) is 0.730. The van der Waals surface area contributed by atoms with E-state index in [1.807, 2.05) is 11.4 Å². The van der Waals surface area contributed by atoms with Gasteiger partial charge in [0.2, 0.25) is 5.91 Å². The Morgan fingerprint density at radius 1 is 1.24 bits per heavy atom. The smallest absolute Gasteiger partial charge is 0.257 e. The van der Waals surface area contributed by atoms with Gasteiger partial charge in [0.25, 0.3) is 5.91 Å². The highest BCUT2D eigenvalue weighted by Gasteiger charge is 2.27. The van der Waals surface area contributed by atoms with E-state index in [9.17, 15) is 18.4 Å². The van der Waals surface area contributed by atoms with E-state index in [2.05, 4.69) is 26.6 Å². The molecule has 0 saturated carbocycles. The summed E-state index contributed by atoms with van der Waals surface area (Å²) >= 11 is 4.81. The van der Waals surface area contributed by atoms with Crippen molar-refractivity contribution in [2.75, 3.05) is 0 Å². The van der Waals surface area contributed by atoms with Gasteiger partial charge in [-0.05, 0) is 40.0 Å². The molecule has 0 bridgehead atoms. The van der Waals surface area contributed by atoms with E-state index >= 15 is 0 Å². The molecule has 1 aromatic heterocycles. The highest BCUT2D eigenvalue weighted by atomic mass is 79.9. The Bertz CT molecular complexity index is 760. The summed E-state index contributed by atoms with van der Waals surface area (Å²) in [5.74, 6) is -3.56. The Balaban J connectivity index is 2.07. The fourth-order valence-electron chi connectivity index (χ4n) is 2.19. The van der Waals surface area contributed by atoms with Crippen LogP contribution >= 0.6 is 27.3 Å². The second kappa shape index (κ2) is 8.53. The number of hydrogen-bond donors (Lipinski definition) is 2. The van der Waals surface area contributed by atoms with Gasteiger partial charge in [-0.3, -0.25) is 9.59 Å². The molecule has 2 aromatic rings. The zero-order valence-corrected chi connectivity index (χ0v) is 16.0. The SMILES string of the molecule is CC(C)C(NC(=O)c1c(F)cccc1F)C(=O)NCc1cc(Br)cs1.